The largest absolute Gasteiger partial charge is 0.465 e. The van der Waals surface area contributed by atoms with Crippen LogP contribution in [-0.4, -0.2) is 52.6 Å². The topological polar surface area (TPSA) is 112 Å². The SMILES string of the molecule is C=CCn1c(SCC(=O)Nc2sc(C(=O)OC)c(C)c2C(=O)OC)nnc1-c1ccc(Cl)cc1. The normalized spacial score (nSPS) is 10.6. The van der Waals surface area contributed by atoms with Gasteiger partial charge >= 0.3 is 11.9 Å². The highest BCUT2D eigenvalue weighted by atomic mass is 35.5. The zero-order valence-corrected chi connectivity index (χ0v) is 21.0. The van der Waals surface area contributed by atoms with Gasteiger partial charge in [-0.1, -0.05) is 29.4 Å². The highest BCUT2D eigenvalue weighted by Crippen LogP contribution is 2.34. The fraction of sp³-hybridized carbons (Fsp3) is 0.227. The van der Waals surface area contributed by atoms with Crippen LogP contribution in [0, 0.1) is 6.92 Å². The van der Waals surface area contributed by atoms with Gasteiger partial charge in [0, 0.05) is 17.1 Å². The second kappa shape index (κ2) is 11.3. The maximum absolute atomic E-state index is 12.7. The third kappa shape index (κ3) is 5.49. The van der Waals surface area contributed by atoms with Crippen molar-refractivity contribution in [2.75, 3.05) is 25.3 Å². The molecule has 0 saturated carbocycles. The average Bonchev–Trinajstić information content (AvgIpc) is 3.38. The van der Waals surface area contributed by atoms with Crippen molar-refractivity contribution in [3.8, 4) is 11.4 Å². The minimum absolute atomic E-state index is 0.0129. The summed E-state index contributed by atoms with van der Waals surface area (Å²) in [5.41, 5.74) is 1.32. The predicted octanol–water partition coefficient (Wildman–Crippen LogP) is 4.46. The van der Waals surface area contributed by atoms with Crippen molar-refractivity contribution in [3.63, 3.8) is 0 Å². The van der Waals surface area contributed by atoms with Gasteiger partial charge in [-0.2, -0.15) is 0 Å². The molecule has 0 saturated heterocycles. The average molecular weight is 521 g/mol. The number of thioether (sulfide) groups is 1. The van der Waals surface area contributed by atoms with Crippen molar-refractivity contribution < 1.29 is 23.9 Å². The van der Waals surface area contributed by atoms with Crippen molar-refractivity contribution in [1.29, 1.82) is 0 Å². The molecule has 1 N–H and O–H groups in total. The monoisotopic (exact) mass is 520 g/mol. The fourth-order valence-corrected chi connectivity index (χ4v) is 5.03. The van der Waals surface area contributed by atoms with E-state index in [1.54, 1.807) is 25.1 Å². The third-order valence-electron chi connectivity index (χ3n) is 4.62. The number of thiophene rings is 1. The number of allylic oxidation sites excluding steroid dienone is 1. The Morgan fingerprint density at radius 3 is 2.47 bits per heavy atom. The Balaban J connectivity index is 1.79. The molecular formula is C22H21ClN4O5S2. The molecule has 0 aliphatic carbocycles. The Hall–Kier alpha value is -3.15. The quantitative estimate of drug-likeness (QED) is 0.250. The Morgan fingerprint density at radius 1 is 1.18 bits per heavy atom. The van der Waals surface area contributed by atoms with Crippen molar-refractivity contribution in [2.45, 2.75) is 18.6 Å². The number of nitrogens with one attached hydrogen (secondary N) is 1. The van der Waals surface area contributed by atoms with E-state index in [0.717, 1.165) is 16.9 Å². The number of anilines is 1. The van der Waals surface area contributed by atoms with Crippen LogP contribution in [0.15, 0.2) is 42.1 Å². The fourth-order valence-electron chi connectivity index (χ4n) is 3.03. The summed E-state index contributed by atoms with van der Waals surface area (Å²) in [6, 6.07) is 7.18. The first-order valence-corrected chi connectivity index (χ1v) is 12.0. The maximum atomic E-state index is 12.7. The molecule has 0 aliphatic heterocycles. The number of hydrogen-bond acceptors (Lipinski definition) is 9. The maximum Gasteiger partial charge on any atom is 0.348 e. The van der Waals surface area contributed by atoms with Gasteiger partial charge in [-0.3, -0.25) is 9.36 Å². The molecule has 3 aromatic rings. The van der Waals surface area contributed by atoms with Gasteiger partial charge in [0.2, 0.25) is 5.91 Å². The lowest BCUT2D eigenvalue weighted by molar-refractivity contribution is -0.113. The molecule has 1 aromatic carbocycles. The van der Waals surface area contributed by atoms with Crippen molar-refractivity contribution in [3.05, 3.63) is 57.9 Å². The smallest absolute Gasteiger partial charge is 0.348 e. The molecule has 0 radical (unpaired) electrons. The third-order valence-corrected chi connectivity index (χ3v) is 7.03. The Kier molecular flexibility index (Phi) is 8.48. The standard InChI is InChI=1S/C22H21ClN4O5S2/c1-5-10-27-18(13-6-8-14(23)9-7-13)25-26-22(27)33-11-15(28)24-19-16(20(29)31-3)12(2)17(34-19)21(30)32-4/h5-9H,1,10-11H2,2-4H3,(H,24,28). The van der Waals surface area contributed by atoms with E-state index >= 15 is 0 Å². The number of methoxy groups -OCH3 is 2. The first-order valence-electron chi connectivity index (χ1n) is 9.83. The number of amides is 1. The summed E-state index contributed by atoms with van der Waals surface area (Å²) in [7, 11) is 2.47. The number of halogens is 1. The molecule has 2 heterocycles. The van der Waals surface area contributed by atoms with Crippen LogP contribution in [0.25, 0.3) is 11.4 Å². The van der Waals surface area contributed by atoms with Gasteiger partial charge in [0.25, 0.3) is 0 Å². The molecule has 34 heavy (non-hydrogen) atoms. The molecule has 0 fully saturated rings. The van der Waals surface area contributed by atoms with Crippen LogP contribution in [-0.2, 0) is 20.8 Å². The van der Waals surface area contributed by atoms with Crippen molar-refractivity contribution in [1.82, 2.24) is 14.8 Å². The van der Waals surface area contributed by atoms with Crippen LogP contribution in [0.2, 0.25) is 5.02 Å². The molecule has 2 aromatic heterocycles. The molecule has 9 nitrogen and oxygen atoms in total. The Morgan fingerprint density at radius 2 is 1.85 bits per heavy atom. The lowest BCUT2D eigenvalue weighted by Gasteiger charge is -2.08. The lowest BCUT2D eigenvalue weighted by Crippen LogP contribution is -2.16. The van der Waals surface area contributed by atoms with E-state index in [9.17, 15) is 14.4 Å². The van der Waals surface area contributed by atoms with E-state index in [2.05, 4.69) is 22.1 Å². The molecular weight excluding hydrogens is 500 g/mol. The van der Waals surface area contributed by atoms with E-state index in [-0.39, 0.29) is 21.2 Å². The molecule has 0 bridgehead atoms. The summed E-state index contributed by atoms with van der Waals surface area (Å²) in [6.07, 6.45) is 1.71. The molecule has 3 rings (SSSR count). The van der Waals surface area contributed by atoms with Gasteiger partial charge in [-0.25, -0.2) is 9.59 Å². The second-order valence-corrected chi connectivity index (χ2v) is 9.19. The molecule has 0 atom stereocenters. The Labute approximate surface area is 209 Å². The minimum Gasteiger partial charge on any atom is -0.465 e. The number of benzene rings is 1. The number of esters is 2. The molecule has 1 amide bonds. The number of aromatic nitrogens is 3. The van der Waals surface area contributed by atoms with Crippen LogP contribution in [0.1, 0.15) is 25.6 Å². The van der Waals surface area contributed by atoms with Gasteiger partial charge in [-0.15, -0.1) is 28.1 Å². The summed E-state index contributed by atoms with van der Waals surface area (Å²) in [5.74, 6) is -1.06. The van der Waals surface area contributed by atoms with E-state index in [1.807, 2.05) is 16.7 Å². The van der Waals surface area contributed by atoms with Gasteiger partial charge < -0.3 is 14.8 Å². The van der Waals surface area contributed by atoms with Crippen molar-refractivity contribution >= 4 is 57.5 Å². The van der Waals surface area contributed by atoms with Gasteiger partial charge in [0.1, 0.15) is 9.88 Å². The lowest BCUT2D eigenvalue weighted by atomic mass is 10.1. The van der Waals surface area contributed by atoms with Gasteiger partial charge in [0.05, 0.1) is 25.5 Å². The highest BCUT2D eigenvalue weighted by Gasteiger charge is 2.27. The van der Waals surface area contributed by atoms with Gasteiger partial charge in [-0.05, 0) is 36.8 Å². The highest BCUT2D eigenvalue weighted by molar-refractivity contribution is 7.99. The van der Waals surface area contributed by atoms with E-state index in [4.69, 9.17) is 21.1 Å². The zero-order chi connectivity index (χ0) is 24.8. The number of nitrogens with zero attached hydrogens (tertiary/aromatic N) is 3. The molecule has 0 unspecified atom stereocenters. The van der Waals surface area contributed by atoms with Crippen LogP contribution < -0.4 is 5.32 Å². The van der Waals surface area contributed by atoms with Crippen LogP contribution in [0.4, 0.5) is 5.00 Å². The number of carbonyl (C=O) groups is 3. The first-order chi connectivity index (χ1) is 16.3. The van der Waals surface area contributed by atoms with E-state index in [1.165, 1.54) is 26.0 Å². The summed E-state index contributed by atoms with van der Waals surface area (Å²) in [6.45, 7) is 5.81. The Bertz CT molecular complexity index is 1240. The second-order valence-electron chi connectivity index (χ2n) is 6.79. The number of ether oxygens (including phenoxy) is 2. The summed E-state index contributed by atoms with van der Waals surface area (Å²) in [4.78, 5) is 37.2. The van der Waals surface area contributed by atoms with Crippen LogP contribution in [0.3, 0.4) is 0 Å². The predicted molar refractivity (Wildman–Crippen MR) is 132 cm³/mol. The zero-order valence-electron chi connectivity index (χ0n) is 18.6. The molecule has 0 aliphatic rings. The molecule has 12 heteroatoms. The summed E-state index contributed by atoms with van der Waals surface area (Å²) >= 11 is 8.10. The number of carbonyl (C=O) groups excluding carboxylic acids is 3. The minimum atomic E-state index is -0.662. The molecule has 0 spiro atoms. The molecule has 178 valence electrons. The first kappa shape index (κ1) is 25.5. The van der Waals surface area contributed by atoms with Gasteiger partial charge in [0.15, 0.2) is 11.0 Å². The van der Waals surface area contributed by atoms with Crippen molar-refractivity contribution in [2.24, 2.45) is 0 Å². The summed E-state index contributed by atoms with van der Waals surface area (Å²) < 4.78 is 11.4. The van der Waals surface area contributed by atoms with Crippen LogP contribution >= 0.6 is 34.7 Å². The van der Waals surface area contributed by atoms with E-state index < -0.39 is 17.8 Å². The number of hydrogen-bond donors (Lipinski definition) is 1. The number of rotatable bonds is 9. The summed E-state index contributed by atoms with van der Waals surface area (Å²) in [5, 5.41) is 12.5. The van der Waals surface area contributed by atoms with Crippen LogP contribution in [0.5, 0.6) is 0 Å². The van der Waals surface area contributed by atoms with E-state index in [0.29, 0.717) is 28.1 Å².